The molecule has 1 heterocycles. The van der Waals surface area contributed by atoms with E-state index in [1.807, 2.05) is 6.07 Å². The predicted octanol–water partition coefficient (Wildman–Crippen LogP) is 3.44. The van der Waals surface area contributed by atoms with Crippen molar-refractivity contribution in [3.8, 4) is 0 Å². The molecule has 1 amide bonds. The topological polar surface area (TPSA) is 32.3 Å². The van der Waals surface area contributed by atoms with Gasteiger partial charge in [0.15, 0.2) is 0 Å². The fourth-order valence-electron chi connectivity index (χ4n) is 2.94. The van der Waals surface area contributed by atoms with Gasteiger partial charge in [-0.05, 0) is 51.3 Å². The molecule has 0 spiro atoms. The van der Waals surface area contributed by atoms with E-state index in [9.17, 15) is 13.6 Å². The van der Waals surface area contributed by atoms with E-state index < -0.39 is 0 Å². The molecule has 1 N–H and O–H groups in total. The number of rotatable bonds is 3. The van der Waals surface area contributed by atoms with E-state index in [0.717, 1.165) is 11.1 Å². The van der Waals surface area contributed by atoms with Gasteiger partial charge in [-0.15, -0.1) is 0 Å². The van der Waals surface area contributed by atoms with Crippen molar-refractivity contribution in [2.45, 2.75) is 12.5 Å². The molecule has 3 nitrogen and oxygen atoms in total. The van der Waals surface area contributed by atoms with Gasteiger partial charge in [-0.1, -0.05) is 18.2 Å². The number of benzene rings is 2. The Labute approximate surface area is 147 Å². The van der Waals surface area contributed by atoms with E-state index in [0.29, 0.717) is 24.1 Å². The number of carbonyl (C=O) groups is 1. The number of nitrogens with zero attached hydrogens (tertiary/aromatic N) is 1. The van der Waals surface area contributed by atoms with Crippen molar-refractivity contribution in [1.82, 2.24) is 10.2 Å². The van der Waals surface area contributed by atoms with Crippen LogP contribution in [-0.4, -0.2) is 30.4 Å². The zero-order valence-electron chi connectivity index (χ0n) is 12.9. The van der Waals surface area contributed by atoms with Crippen LogP contribution in [0.4, 0.5) is 8.78 Å². The molecule has 1 unspecified atom stereocenters. The summed E-state index contributed by atoms with van der Waals surface area (Å²) in [5, 5.41) is 3.24. The van der Waals surface area contributed by atoms with Crippen LogP contribution in [0.5, 0.6) is 0 Å². The number of piperazine rings is 1. The first kappa shape index (κ1) is 17.0. The fraction of sp³-hybridized carbons (Fsp3) is 0.278. The number of halogens is 3. The Kier molecular flexibility index (Phi) is 5.26. The average molecular weight is 395 g/mol. The second kappa shape index (κ2) is 7.40. The molecule has 0 radical (unpaired) electrons. The Morgan fingerprint density at radius 3 is 2.83 bits per heavy atom. The molecule has 1 saturated heterocycles. The smallest absolute Gasteiger partial charge is 0.227 e. The van der Waals surface area contributed by atoms with Crippen LogP contribution >= 0.6 is 15.9 Å². The summed E-state index contributed by atoms with van der Waals surface area (Å²) in [6.45, 7) is 1.84. The van der Waals surface area contributed by atoms with E-state index in [4.69, 9.17) is 0 Å². The van der Waals surface area contributed by atoms with Crippen molar-refractivity contribution >= 4 is 21.8 Å². The van der Waals surface area contributed by atoms with Crippen LogP contribution in [0.1, 0.15) is 17.2 Å². The SMILES string of the molecule is O=C(Cc1ccc(F)c(Br)c1)N1CCNCC1c1cccc(F)c1. The summed E-state index contributed by atoms with van der Waals surface area (Å²) in [6, 6.07) is 10.7. The van der Waals surface area contributed by atoms with E-state index in [-0.39, 0.29) is 30.0 Å². The van der Waals surface area contributed by atoms with E-state index in [2.05, 4.69) is 21.2 Å². The molecule has 2 aromatic rings. The lowest BCUT2D eigenvalue weighted by molar-refractivity contribution is -0.133. The van der Waals surface area contributed by atoms with Gasteiger partial charge < -0.3 is 10.2 Å². The van der Waals surface area contributed by atoms with E-state index in [1.165, 1.54) is 18.2 Å². The summed E-state index contributed by atoms with van der Waals surface area (Å²) in [5.74, 6) is -0.719. The number of hydrogen-bond acceptors (Lipinski definition) is 2. The van der Waals surface area contributed by atoms with Crippen molar-refractivity contribution in [2.75, 3.05) is 19.6 Å². The molecular weight excluding hydrogens is 378 g/mol. The van der Waals surface area contributed by atoms with E-state index in [1.54, 1.807) is 23.1 Å². The zero-order chi connectivity index (χ0) is 17.1. The summed E-state index contributed by atoms with van der Waals surface area (Å²) in [5.41, 5.74) is 1.51. The van der Waals surface area contributed by atoms with Crippen molar-refractivity contribution in [2.24, 2.45) is 0 Å². The highest BCUT2D eigenvalue weighted by Gasteiger charge is 2.28. The Morgan fingerprint density at radius 1 is 1.25 bits per heavy atom. The second-order valence-corrected chi connectivity index (χ2v) is 6.64. The molecule has 2 aromatic carbocycles. The van der Waals surface area contributed by atoms with Gasteiger partial charge in [-0.3, -0.25) is 4.79 Å². The first-order chi connectivity index (χ1) is 11.5. The van der Waals surface area contributed by atoms with Crippen LogP contribution in [0.15, 0.2) is 46.9 Å². The molecule has 1 atom stereocenters. The summed E-state index contributed by atoms with van der Waals surface area (Å²) in [4.78, 5) is 14.5. The number of carbonyl (C=O) groups excluding carboxylic acids is 1. The minimum absolute atomic E-state index is 0.0516. The molecule has 0 aliphatic carbocycles. The molecule has 1 aliphatic heterocycles. The van der Waals surface area contributed by atoms with Gasteiger partial charge in [-0.2, -0.15) is 0 Å². The molecular formula is C18H17BrF2N2O. The monoisotopic (exact) mass is 394 g/mol. The Hall–Kier alpha value is -1.79. The van der Waals surface area contributed by atoms with Crippen LogP contribution in [0.2, 0.25) is 0 Å². The van der Waals surface area contributed by atoms with Crippen LogP contribution in [-0.2, 0) is 11.2 Å². The normalized spacial score (nSPS) is 17.8. The maximum absolute atomic E-state index is 13.5. The average Bonchev–Trinajstić information content (AvgIpc) is 2.58. The largest absolute Gasteiger partial charge is 0.333 e. The number of amides is 1. The molecule has 0 saturated carbocycles. The lowest BCUT2D eigenvalue weighted by Gasteiger charge is -2.36. The Balaban J connectivity index is 1.79. The third-order valence-corrected chi connectivity index (χ3v) is 4.74. The Morgan fingerprint density at radius 2 is 2.08 bits per heavy atom. The van der Waals surface area contributed by atoms with Crippen molar-refractivity contribution in [3.63, 3.8) is 0 Å². The highest BCUT2D eigenvalue weighted by Crippen LogP contribution is 2.24. The lowest BCUT2D eigenvalue weighted by atomic mass is 10.0. The van der Waals surface area contributed by atoms with Gasteiger partial charge in [0.05, 0.1) is 16.9 Å². The molecule has 24 heavy (non-hydrogen) atoms. The summed E-state index contributed by atoms with van der Waals surface area (Å²) in [6.07, 6.45) is 0.185. The minimum atomic E-state index is -0.356. The maximum Gasteiger partial charge on any atom is 0.227 e. The van der Waals surface area contributed by atoms with Gasteiger partial charge in [0.25, 0.3) is 0 Å². The third kappa shape index (κ3) is 3.82. The zero-order valence-corrected chi connectivity index (χ0v) is 14.5. The van der Waals surface area contributed by atoms with Gasteiger partial charge in [-0.25, -0.2) is 8.78 Å². The van der Waals surface area contributed by atoms with Gasteiger partial charge >= 0.3 is 0 Å². The molecule has 0 bridgehead atoms. The van der Waals surface area contributed by atoms with Crippen LogP contribution < -0.4 is 5.32 Å². The molecule has 126 valence electrons. The summed E-state index contributed by atoms with van der Waals surface area (Å²) >= 11 is 3.14. The summed E-state index contributed by atoms with van der Waals surface area (Å²) < 4.78 is 27.2. The molecule has 3 rings (SSSR count). The first-order valence-electron chi connectivity index (χ1n) is 7.74. The van der Waals surface area contributed by atoms with E-state index >= 15 is 0 Å². The van der Waals surface area contributed by atoms with Gasteiger partial charge in [0, 0.05) is 19.6 Å². The standard InChI is InChI=1S/C18H17BrF2N2O/c19-15-8-12(4-5-16(15)21)9-18(24)23-7-6-22-11-17(23)13-2-1-3-14(20)10-13/h1-5,8,10,17,22H,6-7,9,11H2. The fourth-order valence-corrected chi connectivity index (χ4v) is 3.37. The first-order valence-corrected chi connectivity index (χ1v) is 8.53. The minimum Gasteiger partial charge on any atom is -0.333 e. The molecule has 1 fully saturated rings. The van der Waals surface area contributed by atoms with Gasteiger partial charge in [0.1, 0.15) is 11.6 Å². The highest BCUT2D eigenvalue weighted by atomic mass is 79.9. The Bertz CT molecular complexity index is 754. The third-order valence-electron chi connectivity index (χ3n) is 4.14. The second-order valence-electron chi connectivity index (χ2n) is 5.79. The quantitative estimate of drug-likeness (QED) is 0.864. The molecule has 6 heteroatoms. The van der Waals surface area contributed by atoms with Gasteiger partial charge in [0.2, 0.25) is 5.91 Å². The maximum atomic E-state index is 13.5. The molecule has 0 aromatic heterocycles. The van der Waals surface area contributed by atoms with Crippen LogP contribution in [0, 0.1) is 11.6 Å². The number of nitrogens with one attached hydrogen (secondary N) is 1. The van der Waals surface area contributed by atoms with Crippen LogP contribution in [0.25, 0.3) is 0 Å². The summed E-state index contributed by atoms with van der Waals surface area (Å²) in [7, 11) is 0. The molecule has 1 aliphatic rings. The highest BCUT2D eigenvalue weighted by molar-refractivity contribution is 9.10. The predicted molar refractivity (Wildman–Crippen MR) is 91.5 cm³/mol. The van der Waals surface area contributed by atoms with Crippen LogP contribution in [0.3, 0.4) is 0 Å². The van der Waals surface area contributed by atoms with Crippen molar-refractivity contribution < 1.29 is 13.6 Å². The number of hydrogen-bond donors (Lipinski definition) is 1. The van der Waals surface area contributed by atoms with Crippen molar-refractivity contribution in [3.05, 3.63) is 69.7 Å². The van der Waals surface area contributed by atoms with Crippen molar-refractivity contribution in [1.29, 1.82) is 0 Å². The lowest BCUT2D eigenvalue weighted by Crippen LogP contribution is -2.49.